The molecule has 2 aliphatic carbocycles. The second-order valence-electron chi connectivity index (χ2n) is 9.83. The van der Waals surface area contributed by atoms with Gasteiger partial charge in [-0.25, -0.2) is 9.78 Å². The van der Waals surface area contributed by atoms with Gasteiger partial charge in [-0.1, -0.05) is 19.3 Å². The number of hydrogen-bond donors (Lipinski definition) is 1. The Balaban J connectivity index is 1.50. The summed E-state index contributed by atoms with van der Waals surface area (Å²) in [6.07, 6.45) is 13.5. The molecule has 1 N–H and O–H groups in total. The Labute approximate surface area is 197 Å². The fourth-order valence-corrected chi connectivity index (χ4v) is 5.31. The van der Waals surface area contributed by atoms with Crippen LogP contribution in [0.4, 0.5) is 4.79 Å². The molecule has 0 unspecified atom stereocenters. The normalized spacial score (nSPS) is 22.5. The zero-order valence-corrected chi connectivity index (χ0v) is 20.3. The van der Waals surface area contributed by atoms with Gasteiger partial charge in [-0.05, 0) is 58.3 Å². The van der Waals surface area contributed by atoms with Crippen LogP contribution in [0.3, 0.4) is 0 Å². The van der Waals surface area contributed by atoms with Gasteiger partial charge in [0.05, 0.1) is 18.8 Å². The number of nitrogens with zero attached hydrogens (tertiary/aromatic N) is 3. The number of hydrogen-bond acceptors (Lipinski definition) is 5. The van der Waals surface area contributed by atoms with E-state index in [1.807, 2.05) is 0 Å². The molecule has 2 saturated carbocycles. The van der Waals surface area contributed by atoms with Crippen LogP contribution in [0.2, 0.25) is 0 Å². The van der Waals surface area contributed by atoms with E-state index < -0.39 is 6.09 Å². The summed E-state index contributed by atoms with van der Waals surface area (Å²) in [5.74, 6) is 1.76. The number of carbonyl (C=O) groups is 2. The fraction of sp³-hybridized carbons (Fsp3) is 0.800. The number of aryl methyl sites for hydroxylation is 1. The molecule has 3 aliphatic rings. The maximum atomic E-state index is 13.4. The molecule has 0 spiro atoms. The largest absolute Gasteiger partial charge is 0.453 e. The van der Waals surface area contributed by atoms with Crippen LogP contribution in [0.25, 0.3) is 0 Å². The van der Waals surface area contributed by atoms with E-state index in [9.17, 15) is 9.59 Å². The molecule has 0 radical (unpaired) electrons. The van der Waals surface area contributed by atoms with E-state index in [2.05, 4.69) is 32.6 Å². The lowest BCUT2D eigenvalue weighted by molar-refractivity contribution is -0.149. The fourth-order valence-electron chi connectivity index (χ4n) is 5.31. The summed E-state index contributed by atoms with van der Waals surface area (Å²) in [5, 5.41) is 2.76. The zero-order chi connectivity index (χ0) is 23.2. The molecule has 33 heavy (non-hydrogen) atoms. The third-order valence-corrected chi connectivity index (χ3v) is 7.32. The third kappa shape index (κ3) is 6.08. The number of ether oxygens (including phenoxy) is 2. The average molecular weight is 461 g/mol. The zero-order valence-electron chi connectivity index (χ0n) is 20.3. The first kappa shape index (κ1) is 24.0. The van der Waals surface area contributed by atoms with Gasteiger partial charge in [0, 0.05) is 37.9 Å². The Morgan fingerprint density at radius 1 is 1.18 bits per heavy atom. The SMILES string of the molecule is COC(=O)NCCCn1cc([C@@H](C)N(C(=O)[C@H]2CCCCO2)C2CC2)nc1C1CCCCC1. The highest BCUT2D eigenvalue weighted by Crippen LogP contribution is 2.38. The molecule has 1 saturated heterocycles. The number of aromatic nitrogens is 2. The summed E-state index contributed by atoms with van der Waals surface area (Å²) in [6, 6.07) is 0.248. The van der Waals surface area contributed by atoms with Crippen molar-refractivity contribution in [2.45, 2.75) is 108 Å². The molecular weight excluding hydrogens is 420 g/mol. The first-order chi connectivity index (χ1) is 16.1. The molecule has 8 nitrogen and oxygen atoms in total. The molecule has 1 aliphatic heterocycles. The molecule has 1 aromatic rings. The quantitative estimate of drug-likeness (QED) is 0.556. The van der Waals surface area contributed by atoms with Gasteiger partial charge in [0.2, 0.25) is 0 Å². The minimum Gasteiger partial charge on any atom is -0.453 e. The van der Waals surface area contributed by atoms with Crippen molar-refractivity contribution >= 4 is 12.0 Å². The standard InChI is InChI=1S/C25H40N4O4/c1-18(29(20-12-13-20)24(30)22-11-6-7-16-33-22)21-17-28(15-8-14-26-25(31)32-2)23(27-21)19-9-4-3-5-10-19/h17-20,22H,3-16H2,1-2H3,(H,26,31)/t18-,22-/m1/s1. The van der Waals surface area contributed by atoms with Crippen molar-refractivity contribution in [3.05, 3.63) is 17.7 Å². The highest BCUT2D eigenvalue weighted by molar-refractivity contribution is 5.82. The summed E-state index contributed by atoms with van der Waals surface area (Å²) >= 11 is 0. The molecule has 2 amide bonds. The average Bonchev–Trinajstić information content (AvgIpc) is 3.60. The first-order valence-electron chi connectivity index (χ1n) is 12.9. The molecule has 184 valence electrons. The predicted octanol–water partition coefficient (Wildman–Crippen LogP) is 4.30. The highest BCUT2D eigenvalue weighted by Gasteiger charge is 2.40. The van der Waals surface area contributed by atoms with Crippen LogP contribution in [0.1, 0.15) is 101 Å². The lowest BCUT2D eigenvalue weighted by atomic mass is 9.88. The number of methoxy groups -OCH3 is 1. The van der Waals surface area contributed by atoms with Crippen LogP contribution in [0, 0.1) is 0 Å². The molecule has 0 bridgehead atoms. The van der Waals surface area contributed by atoms with Crippen molar-refractivity contribution in [3.8, 4) is 0 Å². The number of amides is 2. The van der Waals surface area contributed by atoms with Crippen LogP contribution in [0.15, 0.2) is 6.20 Å². The van der Waals surface area contributed by atoms with Gasteiger partial charge in [0.1, 0.15) is 11.9 Å². The minimum atomic E-state index is -0.397. The van der Waals surface area contributed by atoms with E-state index in [4.69, 9.17) is 9.72 Å². The van der Waals surface area contributed by atoms with Crippen molar-refractivity contribution in [1.82, 2.24) is 19.8 Å². The van der Waals surface area contributed by atoms with Gasteiger partial charge in [-0.3, -0.25) is 4.79 Å². The Hall–Kier alpha value is -2.09. The number of alkyl carbamates (subject to hydrolysis) is 1. The van der Waals surface area contributed by atoms with Gasteiger partial charge in [0.25, 0.3) is 5.91 Å². The maximum Gasteiger partial charge on any atom is 0.406 e. The van der Waals surface area contributed by atoms with Crippen LogP contribution in [0.5, 0.6) is 0 Å². The molecule has 2 atom stereocenters. The molecule has 8 heteroatoms. The highest BCUT2D eigenvalue weighted by atomic mass is 16.5. The number of carbonyl (C=O) groups excluding carboxylic acids is 2. The molecule has 2 heterocycles. The second-order valence-corrected chi connectivity index (χ2v) is 9.83. The van der Waals surface area contributed by atoms with E-state index in [1.54, 1.807) is 0 Å². The van der Waals surface area contributed by atoms with Gasteiger partial charge in [-0.2, -0.15) is 0 Å². The van der Waals surface area contributed by atoms with Crippen LogP contribution in [-0.4, -0.2) is 58.9 Å². The van der Waals surface area contributed by atoms with Gasteiger partial charge < -0.3 is 24.3 Å². The predicted molar refractivity (Wildman–Crippen MR) is 125 cm³/mol. The van der Waals surface area contributed by atoms with E-state index in [-0.39, 0.29) is 18.1 Å². The summed E-state index contributed by atoms with van der Waals surface area (Å²) in [5.41, 5.74) is 0.979. The summed E-state index contributed by atoms with van der Waals surface area (Å²) in [6.45, 7) is 4.16. The summed E-state index contributed by atoms with van der Waals surface area (Å²) in [7, 11) is 1.38. The van der Waals surface area contributed by atoms with Gasteiger partial charge >= 0.3 is 6.09 Å². The lowest BCUT2D eigenvalue weighted by Crippen LogP contribution is -2.44. The molecule has 1 aromatic heterocycles. The maximum absolute atomic E-state index is 13.4. The molecule has 4 rings (SSSR count). The van der Waals surface area contributed by atoms with E-state index in [0.29, 0.717) is 25.1 Å². The lowest BCUT2D eigenvalue weighted by Gasteiger charge is -2.33. The van der Waals surface area contributed by atoms with E-state index in [0.717, 1.165) is 56.6 Å². The van der Waals surface area contributed by atoms with E-state index >= 15 is 0 Å². The first-order valence-corrected chi connectivity index (χ1v) is 12.9. The Morgan fingerprint density at radius 2 is 1.94 bits per heavy atom. The van der Waals surface area contributed by atoms with Crippen molar-refractivity contribution in [3.63, 3.8) is 0 Å². The van der Waals surface area contributed by atoms with E-state index in [1.165, 1.54) is 39.2 Å². The summed E-state index contributed by atoms with van der Waals surface area (Å²) in [4.78, 5) is 32.0. The Kier molecular flexibility index (Phi) is 8.28. The van der Waals surface area contributed by atoms with Crippen LogP contribution >= 0.6 is 0 Å². The molecule has 0 aromatic carbocycles. The third-order valence-electron chi connectivity index (χ3n) is 7.32. The molecule has 3 fully saturated rings. The number of nitrogens with one attached hydrogen (secondary N) is 1. The Bertz CT molecular complexity index is 794. The number of rotatable bonds is 9. The van der Waals surface area contributed by atoms with Crippen LogP contribution < -0.4 is 5.32 Å². The number of imidazole rings is 1. The van der Waals surface area contributed by atoms with Gasteiger partial charge in [-0.15, -0.1) is 0 Å². The second kappa shape index (κ2) is 11.4. The van der Waals surface area contributed by atoms with Crippen molar-refractivity contribution in [2.75, 3.05) is 20.3 Å². The minimum absolute atomic E-state index is 0.0627. The van der Waals surface area contributed by atoms with Crippen molar-refractivity contribution in [2.24, 2.45) is 0 Å². The van der Waals surface area contributed by atoms with Crippen molar-refractivity contribution in [1.29, 1.82) is 0 Å². The Morgan fingerprint density at radius 3 is 2.61 bits per heavy atom. The molecular formula is C25H40N4O4. The van der Waals surface area contributed by atoms with Crippen LogP contribution in [-0.2, 0) is 20.8 Å². The van der Waals surface area contributed by atoms with Crippen molar-refractivity contribution < 1.29 is 19.1 Å². The topological polar surface area (TPSA) is 85.7 Å². The monoisotopic (exact) mass is 460 g/mol. The smallest absolute Gasteiger partial charge is 0.406 e. The van der Waals surface area contributed by atoms with Gasteiger partial charge in [0.15, 0.2) is 0 Å². The summed E-state index contributed by atoms with van der Waals surface area (Å²) < 4.78 is 12.8.